The number of piperazine rings is 1. The molecule has 4 heterocycles. The van der Waals surface area contributed by atoms with E-state index in [0.717, 1.165) is 36.7 Å². The lowest BCUT2D eigenvalue weighted by molar-refractivity contribution is -0.132. The highest BCUT2D eigenvalue weighted by Gasteiger charge is 2.23. The Bertz CT molecular complexity index is 1300. The van der Waals surface area contributed by atoms with E-state index in [9.17, 15) is 9.59 Å². The maximum atomic E-state index is 12.9. The van der Waals surface area contributed by atoms with Crippen LogP contribution < -0.4 is 24.3 Å². The molecule has 1 fully saturated rings. The van der Waals surface area contributed by atoms with Crippen molar-refractivity contribution < 1.29 is 28.5 Å². The van der Waals surface area contributed by atoms with Crippen LogP contribution in [0.4, 0.5) is 5.13 Å². The number of benzene rings is 2. The summed E-state index contributed by atoms with van der Waals surface area (Å²) in [6.07, 6.45) is 0.207. The number of rotatable bonds is 6. The average molecular weight is 509 g/mol. The molecule has 2 aromatic carbocycles. The number of amides is 2. The van der Waals surface area contributed by atoms with Crippen LogP contribution in [0.25, 0.3) is 0 Å². The summed E-state index contributed by atoms with van der Waals surface area (Å²) in [5, 5.41) is 5.05. The minimum atomic E-state index is -0.292. The molecule has 3 aromatic rings. The second kappa shape index (κ2) is 9.67. The summed E-state index contributed by atoms with van der Waals surface area (Å²) in [6.45, 7) is 4.16. The predicted molar refractivity (Wildman–Crippen MR) is 131 cm³/mol. The lowest BCUT2D eigenvalue weighted by Crippen LogP contribution is -2.48. The Labute approximate surface area is 211 Å². The van der Waals surface area contributed by atoms with Gasteiger partial charge in [-0.3, -0.25) is 19.8 Å². The summed E-state index contributed by atoms with van der Waals surface area (Å²) in [4.78, 5) is 34.1. The van der Waals surface area contributed by atoms with Crippen LogP contribution in [-0.2, 0) is 17.8 Å². The average Bonchev–Trinajstić information content (AvgIpc) is 3.65. The molecule has 0 bridgehead atoms. The van der Waals surface area contributed by atoms with E-state index in [1.54, 1.807) is 18.2 Å². The first-order chi connectivity index (χ1) is 17.6. The normalized spacial score (nSPS) is 16.3. The lowest BCUT2D eigenvalue weighted by atomic mass is 10.1. The highest BCUT2D eigenvalue weighted by molar-refractivity contribution is 7.14. The summed E-state index contributed by atoms with van der Waals surface area (Å²) < 4.78 is 21.4. The maximum absolute atomic E-state index is 12.9. The summed E-state index contributed by atoms with van der Waals surface area (Å²) in [6, 6.07) is 11.0. The van der Waals surface area contributed by atoms with E-state index in [0.29, 0.717) is 41.0 Å². The van der Waals surface area contributed by atoms with Crippen LogP contribution in [0, 0.1) is 0 Å². The third-order valence-corrected chi connectivity index (χ3v) is 7.11. The zero-order chi connectivity index (χ0) is 24.5. The number of carbonyl (C=O) groups excluding carboxylic acids is 2. The molecule has 0 unspecified atom stereocenters. The molecule has 186 valence electrons. The van der Waals surface area contributed by atoms with Crippen molar-refractivity contribution in [3.8, 4) is 23.0 Å². The highest BCUT2D eigenvalue weighted by atomic mass is 32.1. The number of nitrogens with zero attached hydrogens (tertiary/aromatic N) is 3. The van der Waals surface area contributed by atoms with E-state index >= 15 is 0 Å². The minimum Gasteiger partial charge on any atom is -0.454 e. The number of hydrogen-bond donors (Lipinski definition) is 1. The zero-order valence-electron chi connectivity index (χ0n) is 19.4. The van der Waals surface area contributed by atoms with Gasteiger partial charge in [-0.1, -0.05) is 6.07 Å². The van der Waals surface area contributed by atoms with E-state index in [-0.39, 0.29) is 31.8 Å². The van der Waals surface area contributed by atoms with E-state index in [2.05, 4.69) is 21.3 Å². The molecule has 36 heavy (non-hydrogen) atoms. The molecule has 3 aliphatic heterocycles. The van der Waals surface area contributed by atoms with Crippen LogP contribution in [-0.4, -0.2) is 66.4 Å². The second-order valence-electron chi connectivity index (χ2n) is 8.69. The molecule has 0 radical (unpaired) electrons. The number of hydrogen-bond acceptors (Lipinski definition) is 9. The molecule has 0 atom stereocenters. The molecule has 2 amide bonds. The third kappa shape index (κ3) is 4.79. The molecule has 6 rings (SSSR count). The SMILES string of the molecule is O=C(Nc1nc(CC(=O)N2CCN(Cc3ccc4c(c3)OCO4)CC2)cs1)c1ccc2c(c1)OCO2. The molecule has 3 aliphatic rings. The van der Waals surface area contributed by atoms with Gasteiger partial charge in [0.05, 0.1) is 12.1 Å². The number of thiazole rings is 1. The minimum absolute atomic E-state index is 0.0386. The van der Waals surface area contributed by atoms with Crippen molar-refractivity contribution in [2.45, 2.75) is 13.0 Å². The predicted octanol–water partition coefficient (Wildman–Crippen LogP) is 2.74. The van der Waals surface area contributed by atoms with Gasteiger partial charge >= 0.3 is 0 Å². The Morgan fingerprint density at radius 3 is 2.36 bits per heavy atom. The van der Waals surface area contributed by atoms with E-state index < -0.39 is 0 Å². The van der Waals surface area contributed by atoms with Gasteiger partial charge in [0, 0.05) is 43.7 Å². The van der Waals surface area contributed by atoms with E-state index in [4.69, 9.17) is 18.9 Å². The number of carbonyl (C=O) groups is 2. The Hall–Kier alpha value is -3.83. The monoisotopic (exact) mass is 508 g/mol. The number of anilines is 1. The highest BCUT2D eigenvalue weighted by Crippen LogP contribution is 2.34. The Balaban J connectivity index is 0.985. The fourth-order valence-electron chi connectivity index (χ4n) is 4.37. The van der Waals surface area contributed by atoms with Gasteiger partial charge in [0.15, 0.2) is 28.1 Å². The lowest BCUT2D eigenvalue weighted by Gasteiger charge is -2.34. The Morgan fingerprint density at radius 1 is 0.889 bits per heavy atom. The van der Waals surface area contributed by atoms with E-state index in [1.165, 1.54) is 11.3 Å². The van der Waals surface area contributed by atoms with Gasteiger partial charge < -0.3 is 23.8 Å². The first-order valence-corrected chi connectivity index (χ1v) is 12.5. The Kier molecular flexibility index (Phi) is 6.08. The topological polar surface area (TPSA) is 102 Å². The van der Waals surface area contributed by atoms with Crippen LogP contribution >= 0.6 is 11.3 Å². The van der Waals surface area contributed by atoms with Gasteiger partial charge in [0.2, 0.25) is 19.5 Å². The first-order valence-electron chi connectivity index (χ1n) is 11.6. The van der Waals surface area contributed by atoms with Gasteiger partial charge in [0.25, 0.3) is 5.91 Å². The van der Waals surface area contributed by atoms with Crippen molar-refractivity contribution in [1.29, 1.82) is 0 Å². The fraction of sp³-hybridized carbons (Fsp3) is 0.320. The number of fused-ring (bicyclic) bond motifs is 2. The molecular formula is C25H24N4O6S. The molecule has 1 aromatic heterocycles. The quantitative estimate of drug-likeness (QED) is 0.542. The van der Waals surface area contributed by atoms with E-state index in [1.807, 2.05) is 22.4 Å². The number of aromatic nitrogens is 1. The standard InChI is InChI=1S/C25H24N4O6S/c30-23(29-7-5-28(6-8-29)12-16-1-3-19-21(9-16)34-14-32-19)11-18-13-36-25(26-18)27-24(31)17-2-4-20-22(10-17)35-15-33-20/h1-4,9-10,13H,5-8,11-12,14-15H2,(H,26,27,31). The summed E-state index contributed by atoms with van der Waals surface area (Å²) in [5.74, 6) is 2.48. The van der Waals surface area contributed by atoms with Crippen LogP contribution in [0.3, 0.4) is 0 Å². The van der Waals surface area contributed by atoms with Gasteiger partial charge in [0.1, 0.15) is 0 Å². The van der Waals surface area contributed by atoms with Gasteiger partial charge in [-0.05, 0) is 35.9 Å². The van der Waals surface area contributed by atoms with Crippen LogP contribution in [0.1, 0.15) is 21.6 Å². The molecule has 11 heteroatoms. The van der Waals surface area contributed by atoms with Crippen molar-refractivity contribution in [1.82, 2.24) is 14.8 Å². The van der Waals surface area contributed by atoms with Crippen molar-refractivity contribution in [2.24, 2.45) is 0 Å². The number of ether oxygens (including phenoxy) is 4. The second-order valence-corrected chi connectivity index (χ2v) is 9.55. The summed E-state index contributed by atoms with van der Waals surface area (Å²) >= 11 is 1.30. The molecule has 0 spiro atoms. The van der Waals surface area contributed by atoms with Crippen molar-refractivity contribution in [3.63, 3.8) is 0 Å². The molecule has 1 saturated heterocycles. The largest absolute Gasteiger partial charge is 0.454 e. The van der Waals surface area contributed by atoms with Crippen molar-refractivity contribution >= 4 is 28.3 Å². The third-order valence-electron chi connectivity index (χ3n) is 6.31. The van der Waals surface area contributed by atoms with Crippen LogP contribution in [0.5, 0.6) is 23.0 Å². The molecule has 0 aliphatic carbocycles. The van der Waals surface area contributed by atoms with Crippen LogP contribution in [0.15, 0.2) is 41.8 Å². The molecular weight excluding hydrogens is 484 g/mol. The summed E-state index contributed by atoms with van der Waals surface area (Å²) in [5.41, 5.74) is 2.26. The van der Waals surface area contributed by atoms with Crippen LogP contribution in [0.2, 0.25) is 0 Å². The van der Waals surface area contributed by atoms with Gasteiger partial charge in [-0.2, -0.15) is 0 Å². The molecule has 0 saturated carbocycles. The van der Waals surface area contributed by atoms with Gasteiger partial charge in [-0.25, -0.2) is 4.98 Å². The first kappa shape index (κ1) is 22.6. The van der Waals surface area contributed by atoms with Crippen molar-refractivity contribution in [2.75, 3.05) is 45.1 Å². The molecule has 10 nitrogen and oxygen atoms in total. The summed E-state index contributed by atoms with van der Waals surface area (Å²) in [7, 11) is 0. The van der Waals surface area contributed by atoms with Crippen molar-refractivity contribution in [3.05, 3.63) is 58.6 Å². The smallest absolute Gasteiger partial charge is 0.257 e. The Morgan fingerprint density at radius 2 is 1.58 bits per heavy atom. The zero-order valence-corrected chi connectivity index (χ0v) is 20.2. The number of nitrogens with one attached hydrogen (secondary N) is 1. The fourth-order valence-corrected chi connectivity index (χ4v) is 5.08. The maximum Gasteiger partial charge on any atom is 0.257 e. The van der Waals surface area contributed by atoms with Gasteiger partial charge in [-0.15, -0.1) is 11.3 Å². The molecule has 1 N–H and O–H groups in total.